The molecule has 0 amide bonds. The third kappa shape index (κ3) is 3.97. The molecule has 1 aromatic carbocycles. The topological polar surface area (TPSA) is 49.8 Å². The highest BCUT2D eigenvalue weighted by Crippen LogP contribution is 2.25. The maximum atomic E-state index is 10.9. The van der Waals surface area contributed by atoms with Crippen molar-refractivity contribution in [1.29, 1.82) is 0 Å². The SMILES string of the molecule is Cc1ccc(N(CCC(=O)O)C2CCOC(C)C2)cc1. The molecule has 0 spiro atoms. The van der Waals surface area contributed by atoms with Crippen LogP contribution in [0, 0.1) is 6.92 Å². The highest BCUT2D eigenvalue weighted by molar-refractivity contribution is 5.67. The second-order valence-corrected chi connectivity index (χ2v) is 5.53. The van der Waals surface area contributed by atoms with Gasteiger partial charge in [0, 0.05) is 24.9 Å². The summed E-state index contributed by atoms with van der Waals surface area (Å²) in [7, 11) is 0. The van der Waals surface area contributed by atoms with E-state index in [9.17, 15) is 4.79 Å². The summed E-state index contributed by atoms with van der Waals surface area (Å²) in [6.45, 7) is 5.44. The molecule has 0 saturated carbocycles. The van der Waals surface area contributed by atoms with Crippen LogP contribution in [0.15, 0.2) is 24.3 Å². The van der Waals surface area contributed by atoms with Gasteiger partial charge in [0.25, 0.3) is 0 Å². The number of aryl methyl sites for hydroxylation is 1. The summed E-state index contributed by atoms with van der Waals surface area (Å²) in [5.74, 6) is -0.748. The first kappa shape index (κ1) is 14.9. The summed E-state index contributed by atoms with van der Waals surface area (Å²) in [5, 5.41) is 8.95. The van der Waals surface area contributed by atoms with E-state index < -0.39 is 5.97 Å². The number of carbonyl (C=O) groups is 1. The second kappa shape index (κ2) is 6.75. The first-order valence-corrected chi connectivity index (χ1v) is 7.23. The molecule has 1 aromatic rings. The van der Waals surface area contributed by atoms with E-state index in [1.165, 1.54) is 5.56 Å². The third-order valence-corrected chi connectivity index (χ3v) is 3.83. The van der Waals surface area contributed by atoms with Gasteiger partial charge in [0.1, 0.15) is 0 Å². The van der Waals surface area contributed by atoms with Gasteiger partial charge in [-0.15, -0.1) is 0 Å². The van der Waals surface area contributed by atoms with Crippen LogP contribution in [-0.2, 0) is 9.53 Å². The summed E-state index contributed by atoms with van der Waals surface area (Å²) < 4.78 is 5.60. The number of anilines is 1. The van der Waals surface area contributed by atoms with E-state index in [4.69, 9.17) is 9.84 Å². The van der Waals surface area contributed by atoms with Crippen LogP contribution in [0.25, 0.3) is 0 Å². The van der Waals surface area contributed by atoms with E-state index in [0.717, 1.165) is 25.1 Å². The molecule has 110 valence electrons. The first-order valence-electron chi connectivity index (χ1n) is 7.23. The molecule has 1 fully saturated rings. The van der Waals surface area contributed by atoms with Crippen LogP contribution in [0.4, 0.5) is 5.69 Å². The molecule has 2 unspecified atom stereocenters. The van der Waals surface area contributed by atoms with E-state index in [-0.39, 0.29) is 12.5 Å². The molecular formula is C16H23NO3. The highest BCUT2D eigenvalue weighted by Gasteiger charge is 2.25. The number of hydrogen-bond acceptors (Lipinski definition) is 3. The van der Waals surface area contributed by atoms with Gasteiger partial charge in [0.2, 0.25) is 0 Å². The van der Waals surface area contributed by atoms with Gasteiger partial charge in [-0.3, -0.25) is 4.79 Å². The number of rotatable bonds is 5. The molecule has 0 aromatic heterocycles. The van der Waals surface area contributed by atoms with Crippen molar-refractivity contribution in [2.24, 2.45) is 0 Å². The van der Waals surface area contributed by atoms with Crippen molar-refractivity contribution in [1.82, 2.24) is 0 Å². The van der Waals surface area contributed by atoms with Gasteiger partial charge >= 0.3 is 5.97 Å². The van der Waals surface area contributed by atoms with Gasteiger partial charge in [-0.2, -0.15) is 0 Å². The Hall–Kier alpha value is -1.55. The highest BCUT2D eigenvalue weighted by atomic mass is 16.5. The fourth-order valence-corrected chi connectivity index (χ4v) is 2.73. The predicted molar refractivity (Wildman–Crippen MR) is 79.2 cm³/mol. The number of benzene rings is 1. The van der Waals surface area contributed by atoms with E-state index in [2.05, 4.69) is 43.0 Å². The second-order valence-electron chi connectivity index (χ2n) is 5.53. The van der Waals surface area contributed by atoms with Crippen molar-refractivity contribution in [3.63, 3.8) is 0 Å². The van der Waals surface area contributed by atoms with Gasteiger partial charge in [-0.05, 0) is 38.8 Å². The zero-order valence-electron chi connectivity index (χ0n) is 12.2. The average Bonchev–Trinajstić information content (AvgIpc) is 2.41. The van der Waals surface area contributed by atoms with Gasteiger partial charge in [0.15, 0.2) is 0 Å². The van der Waals surface area contributed by atoms with Crippen LogP contribution in [-0.4, -0.2) is 36.4 Å². The lowest BCUT2D eigenvalue weighted by Gasteiger charge is -2.38. The van der Waals surface area contributed by atoms with Crippen LogP contribution in [0.3, 0.4) is 0 Å². The van der Waals surface area contributed by atoms with Gasteiger partial charge in [0.05, 0.1) is 12.5 Å². The van der Waals surface area contributed by atoms with Crippen LogP contribution in [0.1, 0.15) is 31.7 Å². The number of carboxylic acids is 1. The number of carboxylic acid groups (broad SMARTS) is 1. The Morgan fingerprint density at radius 3 is 2.70 bits per heavy atom. The van der Waals surface area contributed by atoms with Gasteiger partial charge in [-0.1, -0.05) is 17.7 Å². The van der Waals surface area contributed by atoms with Crippen molar-refractivity contribution in [3.8, 4) is 0 Å². The van der Waals surface area contributed by atoms with E-state index in [1.54, 1.807) is 0 Å². The van der Waals surface area contributed by atoms with E-state index >= 15 is 0 Å². The van der Waals surface area contributed by atoms with Crippen molar-refractivity contribution >= 4 is 11.7 Å². The molecule has 1 heterocycles. The summed E-state index contributed by atoms with van der Waals surface area (Å²) >= 11 is 0. The number of hydrogen-bond donors (Lipinski definition) is 1. The van der Waals surface area contributed by atoms with Crippen LogP contribution < -0.4 is 4.90 Å². The summed E-state index contributed by atoms with van der Waals surface area (Å²) in [6, 6.07) is 8.67. The molecule has 0 aliphatic carbocycles. The fraction of sp³-hybridized carbons (Fsp3) is 0.562. The maximum absolute atomic E-state index is 10.9. The molecule has 1 aliphatic heterocycles. The minimum Gasteiger partial charge on any atom is -0.481 e. The van der Waals surface area contributed by atoms with Gasteiger partial charge in [-0.25, -0.2) is 0 Å². The van der Waals surface area contributed by atoms with Crippen LogP contribution in [0.2, 0.25) is 0 Å². The Kier molecular flexibility index (Phi) is 5.01. The fourth-order valence-electron chi connectivity index (χ4n) is 2.73. The third-order valence-electron chi connectivity index (χ3n) is 3.83. The molecular weight excluding hydrogens is 254 g/mol. The summed E-state index contributed by atoms with van der Waals surface area (Å²) in [5.41, 5.74) is 2.32. The lowest BCUT2D eigenvalue weighted by atomic mass is 10.0. The molecule has 0 bridgehead atoms. The predicted octanol–water partition coefficient (Wildman–Crippen LogP) is 2.84. The Labute approximate surface area is 120 Å². The van der Waals surface area contributed by atoms with E-state index in [0.29, 0.717) is 12.6 Å². The molecule has 1 saturated heterocycles. The Morgan fingerprint density at radius 1 is 1.40 bits per heavy atom. The molecule has 4 nitrogen and oxygen atoms in total. The minimum absolute atomic E-state index is 0.166. The van der Waals surface area contributed by atoms with Crippen LogP contribution in [0.5, 0.6) is 0 Å². The number of aliphatic carboxylic acids is 1. The summed E-state index contributed by atoms with van der Waals surface area (Å²) in [6.07, 6.45) is 2.32. The monoisotopic (exact) mass is 277 g/mol. The standard InChI is InChI=1S/C16H23NO3/c1-12-3-5-14(6-4-12)17(9-7-16(18)19)15-8-10-20-13(2)11-15/h3-6,13,15H,7-11H2,1-2H3,(H,18,19). The van der Waals surface area contributed by atoms with Crippen molar-refractivity contribution in [2.75, 3.05) is 18.1 Å². The lowest BCUT2D eigenvalue weighted by molar-refractivity contribution is -0.136. The lowest BCUT2D eigenvalue weighted by Crippen LogP contribution is -2.42. The quantitative estimate of drug-likeness (QED) is 0.899. The summed E-state index contributed by atoms with van der Waals surface area (Å²) in [4.78, 5) is 13.1. The number of nitrogens with zero attached hydrogens (tertiary/aromatic N) is 1. The minimum atomic E-state index is -0.748. The van der Waals surface area contributed by atoms with Crippen molar-refractivity contribution in [3.05, 3.63) is 29.8 Å². The van der Waals surface area contributed by atoms with Gasteiger partial charge < -0.3 is 14.7 Å². The maximum Gasteiger partial charge on any atom is 0.305 e. The number of ether oxygens (including phenoxy) is 1. The average molecular weight is 277 g/mol. The molecule has 2 atom stereocenters. The zero-order chi connectivity index (χ0) is 14.5. The smallest absolute Gasteiger partial charge is 0.305 e. The molecule has 2 rings (SSSR count). The first-order chi connectivity index (χ1) is 9.56. The molecule has 1 aliphatic rings. The Balaban J connectivity index is 2.14. The largest absolute Gasteiger partial charge is 0.481 e. The van der Waals surface area contributed by atoms with Crippen molar-refractivity contribution in [2.45, 2.75) is 45.3 Å². The van der Waals surface area contributed by atoms with E-state index in [1.807, 2.05) is 0 Å². The Morgan fingerprint density at radius 2 is 2.10 bits per heavy atom. The van der Waals surface area contributed by atoms with Crippen LogP contribution >= 0.6 is 0 Å². The molecule has 0 radical (unpaired) electrons. The Bertz CT molecular complexity index is 444. The molecule has 4 heteroatoms. The van der Waals surface area contributed by atoms with Crippen molar-refractivity contribution < 1.29 is 14.6 Å². The molecule has 20 heavy (non-hydrogen) atoms. The zero-order valence-corrected chi connectivity index (χ0v) is 12.2. The normalized spacial score (nSPS) is 22.5. The molecule has 1 N–H and O–H groups in total.